The second-order valence-corrected chi connectivity index (χ2v) is 5.21. The van der Waals surface area contributed by atoms with Crippen LogP contribution in [0.2, 0.25) is 0 Å². The van der Waals surface area contributed by atoms with Crippen molar-refractivity contribution in [3.05, 3.63) is 29.8 Å². The number of amides is 1. The van der Waals surface area contributed by atoms with Crippen molar-refractivity contribution in [3.63, 3.8) is 0 Å². The van der Waals surface area contributed by atoms with Gasteiger partial charge in [0.25, 0.3) is 5.91 Å². The normalized spacial score (nSPS) is 12.2. The Bertz CT molecular complexity index is 401. The number of hydrogen-bond acceptors (Lipinski definition) is 3. The van der Waals surface area contributed by atoms with Gasteiger partial charge >= 0.3 is 0 Å². The van der Waals surface area contributed by atoms with E-state index in [-0.39, 0.29) is 18.6 Å². The quantitative estimate of drug-likeness (QED) is 0.769. The summed E-state index contributed by atoms with van der Waals surface area (Å²) in [7, 11) is 0. The van der Waals surface area contributed by atoms with Crippen molar-refractivity contribution in [1.82, 2.24) is 5.32 Å². The van der Waals surface area contributed by atoms with Crippen LogP contribution >= 0.6 is 0 Å². The molecule has 0 spiro atoms. The molecule has 112 valence electrons. The van der Waals surface area contributed by atoms with Gasteiger partial charge in [0.1, 0.15) is 5.75 Å². The van der Waals surface area contributed by atoms with Crippen LogP contribution in [0.4, 0.5) is 0 Å². The van der Waals surface area contributed by atoms with E-state index in [2.05, 4.69) is 12.2 Å². The smallest absolute Gasteiger partial charge is 0.251 e. The number of hydrogen-bond donors (Lipinski definition) is 2. The van der Waals surface area contributed by atoms with E-state index in [1.54, 1.807) is 24.3 Å². The van der Waals surface area contributed by atoms with Crippen LogP contribution < -0.4 is 10.1 Å². The average Bonchev–Trinajstić information content (AvgIpc) is 2.45. The standard InChI is InChI=1S/C16H25NO3/c1-4-11-20-14-7-5-13(6-8-14)16(19)17-15(9-10-18)12(2)3/h5-8,12,15,18H,4,9-11H2,1-3H3,(H,17,19). The monoisotopic (exact) mass is 279 g/mol. The molecule has 1 aromatic carbocycles. The highest BCUT2D eigenvalue weighted by molar-refractivity contribution is 5.94. The number of carbonyl (C=O) groups is 1. The Morgan fingerprint density at radius 1 is 1.30 bits per heavy atom. The molecular formula is C16H25NO3. The lowest BCUT2D eigenvalue weighted by Gasteiger charge is -2.21. The molecular weight excluding hydrogens is 254 g/mol. The number of nitrogens with one attached hydrogen (secondary N) is 1. The summed E-state index contributed by atoms with van der Waals surface area (Å²) in [5.41, 5.74) is 0.609. The van der Waals surface area contributed by atoms with Crippen LogP contribution in [0.15, 0.2) is 24.3 Å². The lowest BCUT2D eigenvalue weighted by atomic mass is 10.0. The van der Waals surface area contributed by atoms with Crippen LogP contribution in [0.3, 0.4) is 0 Å². The minimum absolute atomic E-state index is 0.0106. The van der Waals surface area contributed by atoms with Crippen molar-refractivity contribution in [2.75, 3.05) is 13.2 Å². The second kappa shape index (κ2) is 8.59. The molecule has 0 heterocycles. The summed E-state index contributed by atoms with van der Waals surface area (Å²) >= 11 is 0. The van der Waals surface area contributed by atoms with Gasteiger partial charge in [0, 0.05) is 18.2 Å². The van der Waals surface area contributed by atoms with E-state index in [9.17, 15) is 4.79 Å². The van der Waals surface area contributed by atoms with Crippen molar-refractivity contribution < 1.29 is 14.6 Å². The second-order valence-electron chi connectivity index (χ2n) is 5.21. The largest absolute Gasteiger partial charge is 0.494 e. The number of carbonyl (C=O) groups excluding carboxylic acids is 1. The summed E-state index contributed by atoms with van der Waals surface area (Å²) in [5, 5.41) is 12.0. The maximum Gasteiger partial charge on any atom is 0.251 e. The molecule has 0 saturated carbocycles. The van der Waals surface area contributed by atoms with Gasteiger partial charge in [0.2, 0.25) is 0 Å². The van der Waals surface area contributed by atoms with Crippen LogP contribution in [0.1, 0.15) is 44.0 Å². The van der Waals surface area contributed by atoms with E-state index in [4.69, 9.17) is 9.84 Å². The highest BCUT2D eigenvalue weighted by atomic mass is 16.5. The molecule has 0 bridgehead atoms. The van der Waals surface area contributed by atoms with Crippen LogP contribution in [-0.4, -0.2) is 30.3 Å². The van der Waals surface area contributed by atoms with Gasteiger partial charge in [-0.3, -0.25) is 4.79 Å². The summed E-state index contributed by atoms with van der Waals surface area (Å²) < 4.78 is 5.48. The van der Waals surface area contributed by atoms with Crippen molar-refractivity contribution in [1.29, 1.82) is 0 Å². The van der Waals surface area contributed by atoms with Crippen molar-refractivity contribution in [2.24, 2.45) is 5.92 Å². The highest BCUT2D eigenvalue weighted by Gasteiger charge is 2.16. The molecule has 1 aromatic rings. The van der Waals surface area contributed by atoms with Gasteiger partial charge in [0.05, 0.1) is 6.61 Å². The fraction of sp³-hybridized carbons (Fsp3) is 0.562. The van der Waals surface area contributed by atoms with Crippen LogP contribution in [0, 0.1) is 5.92 Å². The number of aliphatic hydroxyl groups excluding tert-OH is 1. The van der Waals surface area contributed by atoms with E-state index in [1.165, 1.54) is 0 Å². The Balaban J connectivity index is 2.62. The summed E-state index contributed by atoms with van der Waals surface area (Å²) in [6.07, 6.45) is 1.53. The molecule has 0 aliphatic heterocycles. The molecule has 1 atom stereocenters. The lowest BCUT2D eigenvalue weighted by Crippen LogP contribution is -2.39. The summed E-state index contributed by atoms with van der Waals surface area (Å²) in [5.74, 6) is 0.955. The molecule has 0 radical (unpaired) electrons. The molecule has 2 N–H and O–H groups in total. The topological polar surface area (TPSA) is 58.6 Å². The van der Waals surface area contributed by atoms with Crippen molar-refractivity contribution in [2.45, 2.75) is 39.7 Å². The van der Waals surface area contributed by atoms with Gasteiger partial charge in [-0.15, -0.1) is 0 Å². The molecule has 1 amide bonds. The van der Waals surface area contributed by atoms with E-state index >= 15 is 0 Å². The fourth-order valence-corrected chi connectivity index (χ4v) is 1.89. The SMILES string of the molecule is CCCOc1ccc(C(=O)NC(CCO)C(C)C)cc1. The highest BCUT2D eigenvalue weighted by Crippen LogP contribution is 2.13. The third kappa shape index (κ3) is 5.21. The third-order valence-electron chi connectivity index (χ3n) is 3.15. The first-order chi connectivity index (χ1) is 9.58. The Kier molecular flexibility index (Phi) is 7.09. The Morgan fingerprint density at radius 2 is 1.95 bits per heavy atom. The summed E-state index contributed by atoms with van der Waals surface area (Å²) in [4.78, 5) is 12.1. The fourth-order valence-electron chi connectivity index (χ4n) is 1.89. The Morgan fingerprint density at radius 3 is 2.45 bits per heavy atom. The van der Waals surface area contributed by atoms with Gasteiger partial charge in [-0.2, -0.15) is 0 Å². The molecule has 4 nitrogen and oxygen atoms in total. The summed E-state index contributed by atoms with van der Waals surface area (Å²) in [6, 6.07) is 7.12. The molecule has 0 aliphatic carbocycles. The third-order valence-corrected chi connectivity index (χ3v) is 3.15. The van der Waals surface area contributed by atoms with Crippen molar-refractivity contribution in [3.8, 4) is 5.75 Å². The average molecular weight is 279 g/mol. The summed E-state index contributed by atoms with van der Waals surface area (Å²) in [6.45, 7) is 6.87. The molecule has 1 rings (SSSR count). The number of aliphatic hydroxyl groups is 1. The zero-order chi connectivity index (χ0) is 15.0. The predicted octanol–water partition coefficient (Wildman–Crippen LogP) is 2.61. The van der Waals surface area contributed by atoms with Crippen LogP contribution in [0.5, 0.6) is 5.75 Å². The number of benzene rings is 1. The zero-order valence-electron chi connectivity index (χ0n) is 12.6. The van der Waals surface area contributed by atoms with Gasteiger partial charge in [0.15, 0.2) is 0 Å². The van der Waals surface area contributed by atoms with Gasteiger partial charge in [-0.1, -0.05) is 20.8 Å². The van der Waals surface area contributed by atoms with E-state index in [0.29, 0.717) is 24.5 Å². The molecule has 20 heavy (non-hydrogen) atoms. The zero-order valence-corrected chi connectivity index (χ0v) is 12.6. The molecule has 1 unspecified atom stereocenters. The van der Waals surface area contributed by atoms with E-state index in [0.717, 1.165) is 12.2 Å². The first-order valence-electron chi connectivity index (χ1n) is 7.23. The maximum absolute atomic E-state index is 12.1. The van der Waals surface area contributed by atoms with Gasteiger partial charge < -0.3 is 15.2 Å². The molecule has 0 fully saturated rings. The number of rotatable bonds is 8. The lowest BCUT2D eigenvalue weighted by molar-refractivity contribution is 0.0916. The van der Waals surface area contributed by atoms with Crippen molar-refractivity contribution >= 4 is 5.91 Å². The minimum Gasteiger partial charge on any atom is -0.494 e. The van der Waals surface area contributed by atoms with Gasteiger partial charge in [-0.25, -0.2) is 0 Å². The number of ether oxygens (including phenoxy) is 1. The first kappa shape index (κ1) is 16.5. The Labute approximate surface area is 121 Å². The predicted molar refractivity (Wildman–Crippen MR) is 80.0 cm³/mol. The molecule has 4 heteroatoms. The molecule has 0 aromatic heterocycles. The first-order valence-corrected chi connectivity index (χ1v) is 7.23. The van der Waals surface area contributed by atoms with Crippen LogP contribution in [-0.2, 0) is 0 Å². The Hall–Kier alpha value is -1.55. The van der Waals surface area contributed by atoms with E-state index < -0.39 is 0 Å². The van der Waals surface area contributed by atoms with E-state index in [1.807, 2.05) is 13.8 Å². The molecule has 0 saturated heterocycles. The molecule has 0 aliphatic rings. The van der Waals surface area contributed by atoms with Crippen LogP contribution in [0.25, 0.3) is 0 Å². The van der Waals surface area contributed by atoms with Gasteiger partial charge in [-0.05, 0) is 43.0 Å². The minimum atomic E-state index is -0.112. The maximum atomic E-state index is 12.1.